The molecule has 0 aromatic heterocycles. The molecule has 0 radical (unpaired) electrons. The standard InChI is InChI=1S/C25H30Cl6O2/c1-2-3-4-5-6-7-8-9-10-11-12-33-25-17(23(31)19(27)15-21(25)29)13-16-22(30)18(26)14-20(28)24(16)32/h14-15,32H,2-13H2,1H3. The number of phenols is 1. The summed E-state index contributed by atoms with van der Waals surface area (Å²) in [6, 6.07) is 2.94. The third-order valence-electron chi connectivity index (χ3n) is 5.56. The van der Waals surface area contributed by atoms with Crippen LogP contribution >= 0.6 is 69.6 Å². The molecule has 2 nitrogen and oxygen atoms in total. The maximum Gasteiger partial charge on any atom is 0.143 e. The molecule has 0 saturated heterocycles. The molecule has 0 bridgehead atoms. The Hall–Kier alpha value is -0.220. The van der Waals surface area contributed by atoms with Crippen LogP contribution in [0.1, 0.15) is 82.3 Å². The van der Waals surface area contributed by atoms with Gasteiger partial charge in [-0.1, -0.05) is 134 Å². The van der Waals surface area contributed by atoms with E-state index in [-0.39, 0.29) is 37.3 Å². The van der Waals surface area contributed by atoms with Crippen molar-refractivity contribution < 1.29 is 9.84 Å². The Morgan fingerprint density at radius 3 is 1.70 bits per heavy atom. The molecule has 184 valence electrons. The molecule has 0 amide bonds. The number of rotatable bonds is 14. The van der Waals surface area contributed by atoms with Gasteiger partial charge in [0.25, 0.3) is 0 Å². The number of benzene rings is 2. The Morgan fingerprint density at radius 1 is 0.636 bits per heavy atom. The molecule has 2 aromatic carbocycles. The van der Waals surface area contributed by atoms with Gasteiger partial charge in [0.2, 0.25) is 0 Å². The second kappa shape index (κ2) is 15.0. The van der Waals surface area contributed by atoms with Crippen LogP contribution in [0, 0.1) is 0 Å². The van der Waals surface area contributed by atoms with Gasteiger partial charge in [0.05, 0.1) is 36.7 Å². The first-order valence-electron chi connectivity index (χ1n) is 11.4. The largest absolute Gasteiger partial charge is 0.506 e. The molecule has 33 heavy (non-hydrogen) atoms. The van der Waals surface area contributed by atoms with Gasteiger partial charge in [0.15, 0.2) is 0 Å². The predicted octanol–water partition coefficient (Wildman–Crippen LogP) is 11.2. The third kappa shape index (κ3) is 8.74. The summed E-state index contributed by atoms with van der Waals surface area (Å²) >= 11 is 37.7. The summed E-state index contributed by atoms with van der Waals surface area (Å²) in [6.45, 7) is 2.74. The zero-order chi connectivity index (χ0) is 24.4. The van der Waals surface area contributed by atoms with Gasteiger partial charge in [-0.25, -0.2) is 0 Å². The fourth-order valence-electron chi connectivity index (χ4n) is 3.68. The Kier molecular flexibility index (Phi) is 13.2. The molecule has 8 heteroatoms. The minimum atomic E-state index is -0.168. The Labute approximate surface area is 227 Å². The Bertz CT molecular complexity index is 890. The molecule has 2 rings (SSSR count). The third-order valence-corrected chi connectivity index (χ3v) is 7.78. The molecule has 0 fully saturated rings. The van der Waals surface area contributed by atoms with E-state index in [4.69, 9.17) is 74.3 Å². The quantitative estimate of drug-likeness (QED) is 0.179. The van der Waals surface area contributed by atoms with E-state index in [0.29, 0.717) is 28.5 Å². The monoisotopic (exact) mass is 572 g/mol. The van der Waals surface area contributed by atoms with Crippen LogP contribution in [-0.4, -0.2) is 11.7 Å². The van der Waals surface area contributed by atoms with E-state index in [1.165, 1.54) is 57.4 Å². The lowest BCUT2D eigenvalue weighted by Gasteiger charge is -2.18. The van der Waals surface area contributed by atoms with Crippen molar-refractivity contribution in [3.8, 4) is 11.5 Å². The van der Waals surface area contributed by atoms with Gasteiger partial charge in [-0.15, -0.1) is 0 Å². The van der Waals surface area contributed by atoms with Crippen molar-refractivity contribution in [1.82, 2.24) is 0 Å². The lowest BCUT2D eigenvalue weighted by Crippen LogP contribution is -2.03. The first-order valence-corrected chi connectivity index (χ1v) is 13.7. The molecular formula is C25H30Cl6O2. The highest BCUT2D eigenvalue weighted by molar-refractivity contribution is 6.45. The lowest BCUT2D eigenvalue weighted by atomic mass is 10.0. The summed E-state index contributed by atoms with van der Waals surface area (Å²) in [5, 5.41) is 11.9. The lowest BCUT2D eigenvalue weighted by molar-refractivity contribution is 0.302. The topological polar surface area (TPSA) is 29.5 Å². The van der Waals surface area contributed by atoms with Crippen molar-refractivity contribution in [1.29, 1.82) is 0 Å². The van der Waals surface area contributed by atoms with Crippen LogP contribution < -0.4 is 4.74 Å². The molecule has 0 saturated carbocycles. The van der Waals surface area contributed by atoms with Gasteiger partial charge < -0.3 is 9.84 Å². The van der Waals surface area contributed by atoms with Crippen molar-refractivity contribution in [2.45, 2.75) is 77.6 Å². The number of aromatic hydroxyl groups is 1. The van der Waals surface area contributed by atoms with Crippen molar-refractivity contribution >= 4 is 69.6 Å². The highest BCUT2D eigenvalue weighted by atomic mass is 35.5. The molecule has 0 aliphatic heterocycles. The van der Waals surface area contributed by atoms with Gasteiger partial charge in [-0.3, -0.25) is 0 Å². The number of halogens is 6. The van der Waals surface area contributed by atoms with Gasteiger partial charge >= 0.3 is 0 Å². The zero-order valence-corrected chi connectivity index (χ0v) is 23.3. The molecular weight excluding hydrogens is 545 g/mol. The molecule has 1 N–H and O–H groups in total. The Balaban J connectivity index is 1.99. The normalized spacial score (nSPS) is 11.2. The number of phenolic OH excluding ortho intramolecular Hbond substituents is 1. The van der Waals surface area contributed by atoms with Crippen LogP contribution in [0.2, 0.25) is 30.1 Å². The van der Waals surface area contributed by atoms with Crippen molar-refractivity contribution in [2.24, 2.45) is 0 Å². The number of unbranched alkanes of at least 4 members (excludes halogenated alkanes) is 9. The number of hydrogen-bond donors (Lipinski definition) is 1. The molecule has 0 heterocycles. The molecule has 0 aliphatic carbocycles. The first-order chi connectivity index (χ1) is 15.8. The van der Waals surface area contributed by atoms with Gasteiger partial charge in [-0.2, -0.15) is 0 Å². The summed E-state index contributed by atoms with van der Waals surface area (Å²) < 4.78 is 6.02. The molecule has 0 unspecified atom stereocenters. The van der Waals surface area contributed by atoms with Crippen molar-refractivity contribution in [3.05, 3.63) is 53.4 Å². The van der Waals surface area contributed by atoms with E-state index in [2.05, 4.69) is 6.92 Å². The number of ether oxygens (including phenoxy) is 1. The zero-order valence-electron chi connectivity index (χ0n) is 18.8. The minimum absolute atomic E-state index is 0.0940. The first kappa shape index (κ1) is 29.0. The SMILES string of the molecule is CCCCCCCCCCCCOc1c(Cl)cc(Cl)c(Cl)c1Cc1c(O)c(Cl)cc(Cl)c1Cl. The second-order valence-electron chi connectivity index (χ2n) is 8.15. The van der Waals surface area contributed by atoms with E-state index in [9.17, 15) is 5.11 Å². The highest BCUT2D eigenvalue weighted by Crippen LogP contribution is 2.45. The van der Waals surface area contributed by atoms with E-state index in [1.807, 2.05) is 0 Å². The van der Waals surface area contributed by atoms with E-state index >= 15 is 0 Å². The Morgan fingerprint density at radius 2 is 1.12 bits per heavy atom. The van der Waals surface area contributed by atoms with Crippen LogP contribution in [0.5, 0.6) is 11.5 Å². The fourth-order valence-corrected chi connectivity index (χ4v) is 5.16. The van der Waals surface area contributed by atoms with E-state index < -0.39 is 0 Å². The second-order valence-corrected chi connectivity index (χ2v) is 10.5. The van der Waals surface area contributed by atoms with E-state index in [0.717, 1.165) is 12.8 Å². The van der Waals surface area contributed by atoms with Crippen LogP contribution in [0.4, 0.5) is 0 Å². The maximum atomic E-state index is 10.4. The summed E-state index contributed by atoms with van der Waals surface area (Å²) in [5.74, 6) is 0.257. The van der Waals surface area contributed by atoms with E-state index in [1.54, 1.807) is 6.07 Å². The highest BCUT2D eigenvalue weighted by Gasteiger charge is 2.22. The summed E-state index contributed by atoms with van der Waals surface area (Å²) in [5.41, 5.74) is 0.856. The average molecular weight is 575 g/mol. The molecule has 0 atom stereocenters. The predicted molar refractivity (Wildman–Crippen MR) is 145 cm³/mol. The van der Waals surface area contributed by atoms with Gasteiger partial charge in [0, 0.05) is 17.5 Å². The number of hydrogen-bond acceptors (Lipinski definition) is 2. The van der Waals surface area contributed by atoms with Crippen LogP contribution in [0.25, 0.3) is 0 Å². The van der Waals surface area contributed by atoms with Gasteiger partial charge in [-0.05, 0) is 18.6 Å². The summed E-state index contributed by atoms with van der Waals surface area (Å²) in [7, 11) is 0. The van der Waals surface area contributed by atoms with Crippen LogP contribution in [0.15, 0.2) is 12.1 Å². The van der Waals surface area contributed by atoms with Crippen LogP contribution in [-0.2, 0) is 6.42 Å². The molecule has 0 spiro atoms. The van der Waals surface area contributed by atoms with Gasteiger partial charge in [0.1, 0.15) is 11.5 Å². The summed E-state index contributed by atoms with van der Waals surface area (Å²) in [6.07, 6.45) is 12.5. The average Bonchev–Trinajstić information content (AvgIpc) is 2.78. The fraction of sp³-hybridized carbons (Fsp3) is 0.520. The molecule has 0 aliphatic rings. The minimum Gasteiger partial charge on any atom is -0.506 e. The van der Waals surface area contributed by atoms with Crippen molar-refractivity contribution in [2.75, 3.05) is 6.61 Å². The molecule has 2 aromatic rings. The summed E-state index contributed by atoms with van der Waals surface area (Å²) in [4.78, 5) is 0. The maximum absolute atomic E-state index is 10.4. The smallest absolute Gasteiger partial charge is 0.143 e. The van der Waals surface area contributed by atoms with Crippen LogP contribution in [0.3, 0.4) is 0 Å². The van der Waals surface area contributed by atoms with Crippen molar-refractivity contribution in [3.63, 3.8) is 0 Å².